The van der Waals surface area contributed by atoms with Crippen LogP contribution in [0.3, 0.4) is 0 Å². The van der Waals surface area contributed by atoms with E-state index in [1.165, 1.54) is 0 Å². The van der Waals surface area contributed by atoms with Gasteiger partial charge in [0, 0.05) is 11.3 Å². The molecule has 1 unspecified atom stereocenters. The van der Waals surface area contributed by atoms with E-state index < -0.39 is 39.3 Å². The van der Waals surface area contributed by atoms with Gasteiger partial charge in [0.1, 0.15) is 6.10 Å². The molecule has 1 atom stereocenters. The van der Waals surface area contributed by atoms with Gasteiger partial charge in [0.2, 0.25) is 6.54 Å². The first-order chi connectivity index (χ1) is 8.69. The van der Waals surface area contributed by atoms with Crippen molar-refractivity contribution in [1.82, 2.24) is 0 Å². The van der Waals surface area contributed by atoms with Crippen molar-refractivity contribution in [1.29, 1.82) is 0 Å². The van der Waals surface area contributed by atoms with Gasteiger partial charge in [0.05, 0.1) is 6.26 Å². The van der Waals surface area contributed by atoms with Gasteiger partial charge in [-0.15, -0.1) is 0 Å². The molecular weight excluding hydrogens is 284 g/mol. The van der Waals surface area contributed by atoms with E-state index in [-0.39, 0.29) is 12.0 Å². The zero-order valence-corrected chi connectivity index (χ0v) is 10.7. The van der Waals surface area contributed by atoms with Gasteiger partial charge in [-0.25, -0.2) is 8.78 Å². The average molecular weight is 295 g/mol. The lowest BCUT2D eigenvalue weighted by atomic mass is 10.1. The van der Waals surface area contributed by atoms with Gasteiger partial charge in [0.15, 0.2) is 11.6 Å². The van der Waals surface area contributed by atoms with Crippen molar-refractivity contribution in [3.63, 3.8) is 0 Å². The van der Waals surface area contributed by atoms with Crippen LogP contribution in [0.5, 0.6) is 0 Å². The summed E-state index contributed by atoms with van der Waals surface area (Å²) in [5, 5.41) is 10.3. The Morgan fingerprint density at radius 1 is 1.37 bits per heavy atom. The summed E-state index contributed by atoms with van der Waals surface area (Å²) in [5.41, 5.74) is 0.0196. The Morgan fingerprint density at radius 2 is 2.00 bits per heavy atom. The summed E-state index contributed by atoms with van der Waals surface area (Å²) in [5.74, 6) is -2.28. The predicted molar refractivity (Wildman–Crippen MR) is 61.5 cm³/mol. The van der Waals surface area contributed by atoms with Gasteiger partial charge in [0.25, 0.3) is 10.1 Å². The summed E-state index contributed by atoms with van der Waals surface area (Å²) >= 11 is 0. The molecule has 1 aromatic rings. The van der Waals surface area contributed by atoms with E-state index in [0.717, 1.165) is 24.5 Å². The zero-order valence-electron chi connectivity index (χ0n) is 9.88. The molecule has 0 fully saturated rings. The Bertz CT molecular complexity index is 575. The van der Waals surface area contributed by atoms with E-state index in [1.54, 1.807) is 0 Å². The summed E-state index contributed by atoms with van der Waals surface area (Å²) < 4.78 is 52.6. The van der Waals surface area contributed by atoms with Crippen LogP contribution in [0.1, 0.15) is 18.1 Å². The Kier molecular flexibility index (Phi) is 4.90. The van der Waals surface area contributed by atoms with E-state index in [1.807, 2.05) is 0 Å². The number of halogens is 2. The van der Waals surface area contributed by atoms with E-state index in [9.17, 15) is 27.3 Å². The molecule has 0 saturated heterocycles. The SMILES string of the molecule is CS(=O)(=O)OC(CC[N+](=O)[O-])c1ccc(F)c(F)c1. The van der Waals surface area contributed by atoms with E-state index >= 15 is 0 Å². The maximum Gasteiger partial charge on any atom is 0.264 e. The Balaban J connectivity index is 3.00. The van der Waals surface area contributed by atoms with Crippen molar-refractivity contribution in [2.45, 2.75) is 12.5 Å². The van der Waals surface area contributed by atoms with E-state index in [0.29, 0.717) is 0 Å². The fraction of sp³-hybridized carbons (Fsp3) is 0.400. The van der Waals surface area contributed by atoms with Crippen LogP contribution in [0.15, 0.2) is 18.2 Å². The molecule has 106 valence electrons. The molecular formula is C10H11F2NO5S. The van der Waals surface area contributed by atoms with Crippen LogP contribution in [-0.2, 0) is 14.3 Å². The second-order valence-electron chi connectivity index (χ2n) is 3.81. The van der Waals surface area contributed by atoms with Crippen LogP contribution in [0.2, 0.25) is 0 Å². The van der Waals surface area contributed by atoms with Gasteiger partial charge in [-0.1, -0.05) is 6.07 Å². The minimum Gasteiger partial charge on any atom is -0.265 e. The van der Waals surface area contributed by atoms with Crippen molar-refractivity contribution in [3.05, 3.63) is 45.5 Å². The highest BCUT2D eigenvalue weighted by Gasteiger charge is 2.21. The molecule has 0 spiro atoms. The fourth-order valence-corrected chi connectivity index (χ4v) is 2.05. The minimum absolute atomic E-state index is 0.0196. The number of nitro groups is 1. The van der Waals surface area contributed by atoms with Crippen molar-refractivity contribution in [2.75, 3.05) is 12.8 Å². The van der Waals surface area contributed by atoms with Crippen LogP contribution in [0.4, 0.5) is 8.78 Å². The molecule has 0 aliphatic rings. The Hall–Kier alpha value is -1.61. The number of hydrogen-bond acceptors (Lipinski definition) is 5. The van der Waals surface area contributed by atoms with Crippen molar-refractivity contribution in [2.24, 2.45) is 0 Å². The third kappa shape index (κ3) is 5.26. The molecule has 1 aromatic carbocycles. The molecule has 0 bridgehead atoms. The molecule has 0 N–H and O–H groups in total. The van der Waals surface area contributed by atoms with Gasteiger partial charge in [-0.05, 0) is 17.7 Å². The number of hydrogen-bond donors (Lipinski definition) is 0. The second-order valence-corrected chi connectivity index (χ2v) is 5.41. The topological polar surface area (TPSA) is 86.5 Å². The molecule has 0 amide bonds. The van der Waals surface area contributed by atoms with Crippen LogP contribution in [0.25, 0.3) is 0 Å². The normalized spacial score (nSPS) is 13.2. The first kappa shape index (κ1) is 15.4. The summed E-state index contributed by atoms with van der Waals surface area (Å²) in [6.07, 6.45) is -0.729. The van der Waals surface area contributed by atoms with Crippen molar-refractivity contribution >= 4 is 10.1 Å². The summed E-state index contributed by atoms with van der Waals surface area (Å²) in [6, 6.07) is 2.68. The first-order valence-electron chi connectivity index (χ1n) is 5.14. The number of rotatable bonds is 6. The third-order valence-electron chi connectivity index (χ3n) is 2.18. The van der Waals surface area contributed by atoms with Gasteiger partial charge < -0.3 is 0 Å². The maximum atomic E-state index is 13.1. The van der Waals surface area contributed by atoms with Crippen LogP contribution >= 0.6 is 0 Å². The molecule has 19 heavy (non-hydrogen) atoms. The highest BCUT2D eigenvalue weighted by molar-refractivity contribution is 7.86. The standard InChI is InChI=1S/C10H11F2NO5S/c1-19(16,17)18-10(4-5-13(14)15)7-2-3-8(11)9(12)6-7/h2-3,6,10H,4-5H2,1H3. The quantitative estimate of drug-likeness (QED) is 0.452. The van der Waals surface area contributed by atoms with Crippen LogP contribution in [-0.4, -0.2) is 26.1 Å². The molecule has 0 saturated carbocycles. The lowest BCUT2D eigenvalue weighted by Gasteiger charge is -2.15. The highest BCUT2D eigenvalue weighted by atomic mass is 32.2. The summed E-state index contributed by atoms with van der Waals surface area (Å²) in [7, 11) is -3.88. The molecule has 0 aliphatic carbocycles. The Morgan fingerprint density at radius 3 is 2.47 bits per heavy atom. The summed E-state index contributed by atoms with van der Waals surface area (Å²) in [4.78, 5) is 9.63. The van der Waals surface area contributed by atoms with Crippen LogP contribution in [0, 0.1) is 21.7 Å². The lowest BCUT2D eigenvalue weighted by Crippen LogP contribution is -2.15. The smallest absolute Gasteiger partial charge is 0.264 e. The second kappa shape index (κ2) is 6.02. The molecule has 0 heterocycles. The largest absolute Gasteiger partial charge is 0.265 e. The highest BCUT2D eigenvalue weighted by Crippen LogP contribution is 2.24. The maximum absolute atomic E-state index is 13.1. The van der Waals surface area contributed by atoms with Gasteiger partial charge in [-0.3, -0.25) is 14.3 Å². The van der Waals surface area contributed by atoms with Crippen molar-refractivity contribution in [3.8, 4) is 0 Å². The fourth-order valence-electron chi connectivity index (χ4n) is 1.42. The average Bonchev–Trinajstić information content (AvgIpc) is 2.26. The van der Waals surface area contributed by atoms with Gasteiger partial charge >= 0.3 is 0 Å². The Labute approximate surface area is 108 Å². The minimum atomic E-state index is -3.88. The first-order valence-corrected chi connectivity index (χ1v) is 6.95. The third-order valence-corrected chi connectivity index (χ3v) is 2.76. The van der Waals surface area contributed by atoms with E-state index in [4.69, 9.17) is 0 Å². The molecule has 0 radical (unpaired) electrons. The predicted octanol–water partition coefficient (Wildman–Crippen LogP) is 1.65. The molecule has 1 rings (SSSR count). The number of benzene rings is 1. The summed E-state index contributed by atoms with van der Waals surface area (Å²) in [6.45, 7) is -0.556. The molecule has 0 aromatic heterocycles. The molecule has 9 heteroatoms. The molecule has 6 nitrogen and oxygen atoms in total. The van der Waals surface area contributed by atoms with Crippen molar-refractivity contribution < 1.29 is 26.3 Å². The monoisotopic (exact) mass is 295 g/mol. The lowest BCUT2D eigenvalue weighted by molar-refractivity contribution is -0.481. The van der Waals surface area contributed by atoms with Crippen LogP contribution < -0.4 is 0 Å². The zero-order chi connectivity index (χ0) is 14.6. The number of nitrogens with zero attached hydrogens (tertiary/aromatic N) is 1. The van der Waals surface area contributed by atoms with E-state index in [2.05, 4.69) is 4.18 Å². The van der Waals surface area contributed by atoms with Gasteiger partial charge in [-0.2, -0.15) is 8.42 Å². The molecule has 0 aliphatic heterocycles.